The molecule has 0 aliphatic carbocycles. The van der Waals surface area contributed by atoms with Crippen LogP contribution in [0.3, 0.4) is 0 Å². The van der Waals surface area contributed by atoms with Gasteiger partial charge in [-0.3, -0.25) is 0 Å². The highest BCUT2D eigenvalue weighted by Gasteiger charge is 2.18. The Morgan fingerprint density at radius 2 is 1.78 bits per heavy atom. The molecular formula is C17H17ClN3OS+. The van der Waals surface area contributed by atoms with E-state index in [1.807, 2.05) is 42.5 Å². The Morgan fingerprint density at radius 1 is 1.04 bits per heavy atom. The molecule has 0 aliphatic heterocycles. The van der Waals surface area contributed by atoms with Crippen LogP contribution < -0.4 is 5.73 Å². The van der Waals surface area contributed by atoms with E-state index in [0.29, 0.717) is 16.9 Å². The molecule has 0 saturated heterocycles. The van der Waals surface area contributed by atoms with Crippen molar-refractivity contribution in [3.05, 3.63) is 76.6 Å². The van der Waals surface area contributed by atoms with Crippen LogP contribution in [0.2, 0.25) is 5.02 Å². The van der Waals surface area contributed by atoms with Gasteiger partial charge in [0.05, 0.1) is 0 Å². The second-order valence-electron chi connectivity index (χ2n) is 5.17. The SMILES string of the molecule is [NH3+][C@@H](Cc1ccccc1)c1nnc(SCc2ccccc2Cl)o1. The summed E-state index contributed by atoms with van der Waals surface area (Å²) in [5.74, 6) is 1.26. The van der Waals surface area contributed by atoms with Gasteiger partial charge in [-0.25, -0.2) is 0 Å². The summed E-state index contributed by atoms with van der Waals surface area (Å²) in [6.07, 6.45) is 0.775. The van der Waals surface area contributed by atoms with Gasteiger partial charge in [-0.15, -0.1) is 10.2 Å². The number of quaternary nitrogens is 1. The van der Waals surface area contributed by atoms with Crippen LogP contribution in [0, 0.1) is 0 Å². The number of benzene rings is 2. The van der Waals surface area contributed by atoms with Gasteiger partial charge >= 0.3 is 0 Å². The fourth-order valence-corrected chi connectivity index (χ4v) is 3.24. The Bertz CT molecular complexity index is 763. The molecule has 6 heteroatoms. The van der Waals surface area contributed by atoms with Gasteiger partial charge in [0.25, 0.3) is 11.1 Å². The topological polar surface area (TPSA) is 66.6 Å². The first-order chi connectivity index (χ1) is 11.2. The number of aromatic nitrogens is 2. The minimum Gasteiger partial charge on any atom is -0.410 e. The van der Waals surface area contributed by atoms with Crippen molar-refractivity contribution in [2.75, 3.05) is 0 Å². The Balaban J connectivity index is 1.60. The molecule has 1 heterocycles. The largest absolute Gasteiger partial charge is 0.410 e. The minimum atomic E-state index is -0.0560. The summed E-state index contributed by atoms with van der Waals surface area (Å²) in [7, 11) is 0. The summed E-state index contributed by atoms with van der Waals surface area (Å²) >= 11 is 7.63. The second kappa shape index (κ2) is 7.64. The van der Waals surface area contributed by atoms with E-state index in [0.717, 1.165) is 17.0 Å². The molecule has 0 spiro atoms. The first kappa shape index (κ1) is 16.1. The van der Waals surface area contributed by atoms with Crippen molar-refractivity contribution in [2.45, 2.75) is 23.4 Å². The lowest BCUT2D eigenvalue weighted by Gasteiger charge is -2.03. The number of halogens is 1. The van der Waals surface area contributed by atoms with Gasteiger partial charge in [0.1, 0.15) is 0 Å². The number of hydrogen-bond donors (Lipinski definition) is 1. The molecule has 118 valence electrons. The monoisotopic (exact) mass is 346 g/mol. The van der Waals surface area contributed by atoms with E-state index in [4.69, 9.17) is 16.0 Å². The maximum Gasteiger partial charge on any atom is 0.277 e. The van der Waals surface area contributed by atoms with E-state index in [-0.39, 0.29) is 6.04 Å². The zero-order chi connectivity index (χ0) is 16.1. The summed E-state index contributed by atoms with van der Waals surface area (Å²) in [6, 6.07) is 17.9. The fraction of sp³-hybridized carbons (Fsp3) is 0.176. The summed E-state index contributed by atoms with van der Waals surface area (Å²) in [5.41, 5.74) is 6.38. The van der Waals surface area contributed by atoms with Crippen LogP contribution in [0.5, 0.6) is 0 Å². The molecule has 3 rings (SSSR count). The number of thioether (sulfide) groups is 1. The van der Waals surface area contributed by atoms with E-state index in [1.54, 1.807) is 0 Å². The smallest absolute Gasteiger partial charge is 0.277 e. The Hall–Kier alpha value is -1.82. The van der Waals surface area contributed by atoms with Crippen LogP contribution in [0.15, 0.2) is 64.2 Å². The molecule has 1 atom stereocenters. The summed E-state index contributed by atoms with van der Waals surface area (Å²) < 4.78 is 5.71. The molecule has 1 aromatic heterocycles. The van der Waals surface area contributed by atoms with Crippen LogP contribution in [0.25, 0.3) is 0 Å². The summed E-state index contributed by atoms with van der Waals surface area (Å²) in [6.45, 7) is 0. The quantitative estimate of drug-likeness (QED) is 0.693. The third-order valence-corrected chi connectivity index (χ3v) is 4.64. The van der Waals surface area contributed by atoms with Crippen molar-refractivity contribution in [1.82, 2.24) is 10.2 Å². The highest BCUT2D eigenvalue weighted by Crippen LogP contribution is 2.26. The average molecular weight is 347 g/mol. The summed E-state index contributed by atoms with van der Waals surface area (Å²) in [4.78, 5) is 0. The normalized spacial score (nSPS) is 12.3. The molecule has 3 aromatic rings. The molecule has 4 nitrogen and oxygen atoms in total. The van der Waals surface area contributed by atoms with E-state index in [9.17, 15) is 0 Å². The molecule has 0 aliphatic rings. The third-order valence-electron chi connectivity index (χ3n) is 3.41. The van der Waals surface area contributed by atoms with Crippen molar-refractivity contribution >= 4 is 23.4 Å². The molecule has 3 N–H and O–H groups in total. The van der Waals surface area contributed by atoms with E-state index < -0.39 is 0 Å². The van der Waals surface area contributed by atoms with E-state index in [1.165, 1.54) is 17.3 Å². The van der Waals surface area contributed by atoms with Crippen LogP contribution in [0.4, 0.5) is 0 Å². The van der Waals surface area contributed by atoms with Crippen molar-refractivity contribution < 1.29 is 10.2 Å². The lowest BCUT2D eigenvalue weighted by molar-refractivity contribution is -0.431. The first-order valence-corrected chi connectivity index (χ1v) is 8.65. The molecular weight excluding hydrogens is 330 g/mol. The maximum absolute atomic E-state index is 6.15. The number of hydrogen-bond acceptors (Lipinski definition) is 4. The van der Waals surface area contributed by atoms with Gasteiger partial charge in [0.2, 0.25) is 0 Å². The standard InChI is InChI=1S/C17H16ClN3OS/c18-14-9-5-4-8-13(14)11-23-17-21-20-16(22-17)15(19)10-12-6-2-1-3-7-12/h1-9,15H,10-11,19H2/p+1/t15-/m0/s1. The molecule has 0 radical (unpaired) electrons. The van der Waals surface area contributed by atoms with Crippen LogP contribution in [-0.2, 0) is 12.2 Å². The summed E-state index contributed by atoms with van der Waals surface area (Å²) in [5, 5.41) is 9.49. The molecule has 0 unspecified atom stereocenters. The van der Waals surface area contributed by atoms with Crippen LogP contribution >= 0.6 is 23.4 Å². The van der Waals surface area contributed by atoms with Gasteiger partial charge in [-0.1, -0.05) is 71.9 Å². The van der Waals surface area contributed by atoms with Crippen molar-refractivity contribution in [3.63, 3.8) is 0 Å². The number of nitrogens with zero attached hydrogens (tertiary/aromatic N) is 2. The fourth-order valence-electron chi connectivity index (χ4n) is 2.18. The minimum absolute atomic E-state index is 0.0560. The number of rotatable bonds is 6. The first-order valence-electron chi connectivity index (χ1n) is 7.29. The predicted octanol–water partition coefficient (Wildman–Crippen LogP) is 3.54. The Morgan fingerprint density at radius 3 is 2.57 bits per heavy atom. The van der Waals surface area contributed by atoms with Crippen molar-refractivity contribution in [1.29, 1.82) is 0 Å². The molecule has 23 heavy (non-hydrogen) atoms. The average Bonchev–Trinajstić information content (AvgIpc) is 3.04. The van der Waals surface area contributed by atoms with E-state index in [2.05, 4.69) is 28.1 Å². The highest BCUT2D eigenvalue weighted by molar-refractivity contribution is 7.98. The van der Waals surface area contributed by atoms with Gasteiger partial charge in [0, 0.05) is 17.2 Å². The Kier molecular flexibility index (Phi) is 5.33. The van der Waals surface area contributed by atoms with Crippen molar-refractivity contribution in [2.24, 2.45) is 0 Å². The van der Waals surface area contributed by atoms with Crippen LogP contribution in [-0.4, -0.2) is 10.2 Å². The lowest BCUT2D eigenvalue weighted by Crippen LogP contribution is -2.54. The Labute approximate surface area is 144 Å². The van der Waals surface area contributed by atoms with Gasteiger partial charge in [0.15, 0.2) is 6.04 Å². The van der Waals surface area contributed by atoms with Crippen molar-refractivity contribution in [3.8, 4) is 0 Å². The molecule has 0 amide bonds. The molecule has 0 bridgehead atoms. The lowest BCUT2D eigenvalue weighted by atomic mass is 10.1. The third kappa shape index (κ3) is 4.34. The maximum atomic E-state index is 6.15. The zero-order valence-electron chi connectivity index (χ0n) is 12.5. The van der Waals surface area contributed by atoms with E-state index >= 15 is 0 Å². The predicted molar refractivity (Wildman–Crippen MR) is 91.1 cm³/mol. The zero-order valence-corrected chi connectivity index (χ0v) is 14.1. The molecule has 2 aromatic carbocycles. The van der Waals surface area contributed by atoms with Gasteiger partial charge in [-0.2, -0.15) is 0 Å². The van der Waals surface area contributed by atoms with Gasteiger partial charge in [-0.05, 0) is 17.2 Å². The van der Waals surface area contributed by atoms with Gasteiger partial charge < -0.3 is 10.2 Å². The molecule has 0 saturated carbocycles. The van der Waals surface area contributed by atoms with Crippen LogP contribution in [0.1, 0.15) is 23.1 Å². The molecule has 0 fully saturated rings. The highest BCUT2D eigenvalue weighted by atomic mass is 35.5. The second-order valence-corrected chi connectivity index (χ2v) is 6.51.